The SMILES string of the molecule is N=NC1CCC2CC[C]1C2. The van der Waals surface area contributed by atoms with Crippen LogP contribution >= 0.6 is 0 Å². The van der Waals surface area contributed by atoms with Gasteiger partial charge in [-0.05, 0) is 38.0 Å². The summed E-state index contributed by atoms with van der Waals surface area (Å²) < 4.78 is 0. The first-order chi connectivity index (χ1) is 4.90. The summed E-state index contributed by atoms with van der Waals surface area (Å²) in [6.45, 7) is 0. The summed E-state index contributed by atoms with van der Waals surface area (Å²) in [6, 6.07) is 0.318. The second-order valence-corrected chi connectivity index (χ2v) is 3.49. The second-order valence-electron chi connectivity index (χ2n) is 3.49. The first kappa shape index (κ1) is 6.32. The van der Waals surface area contributed by atoms with Crippen molar-refractivity contribution in [2.45, 2.75) is 38.1 Å². The highest BCUT2D eigenvalue weighted by molar-refractivity contribution is 5.10. The Morgan fingerprint density at radius 2 is 2.20 bits per heavy atom. The van der Waals surface area contributed by atoms with Crippen molar-refractivity contribution in [2.75, 3.05) is 0 Å². The van der Waals surface area contributed by atoms with Crippen molar-refractivity contribution in [2.24, 2.45) is 11.0 Å². The van der Waals surface area contributed by atoms with Gasteiger partial charge < -0.3 is 0 Å². The van der Waals surface area contributed by atoms with Gasteiger partial charge in [0.15, 0.2) is 0 Å². The summed E-state index contributed by atoms with van der Waals surface area (Å²) in [5.41, 5.74) is 6.95. The van der Waals surface area contributed by atoms with Crippen molar-refractivity contribution in [1.82, 2.24) is 0 Å². The molecule has 1 N–H and O–H groups in total. The van der Waals surface area contributed by atoms with Crippen LogP contribution in [0.25, 0.3) is 0 Å². The van der Waals surface area contributed by atoms with E-state index in [0.717, 1.165) is 12.3 Å². The lowest BCUT2D eigenvalue weighted by Gasteiger charge is -2.23. The summed E-state index contributed by atoms with van der Waals surface area (Å²) in [6.07, 6.45) is 6.40. The number of hydrogen-bond donors (Lipinski definition) is 1. The van der Waals surface area contributed by atoms with E-state index in [4.69, 9.17) is 5.53 Å². The van der Waals surface area contributed by atoms with Gasteiger partial charge in [-0.25, -0.2) is 5.53 Å². The Morgan fingerprint density at radius 1 is 1.30 bits per heavy atom. The fourth-order valence-electron chi connectivity index (χ4n) is 2.27. The summed E-state index contributed by atoms with van der Waals surface area (Å²) in [7, 11) is 0. The van der Waals surface area contributed by atoms with Crippen LogP contribution in [0.15, 0.2) is 5.11 Å². The molecule has 2 heteroatoms. The minimum atomic E-state index is 0.318. The van der Waals surface area contributed by atoms with Gasteiger partial charge in [-0.1, -0.05) is 0 Å². The van der Waals surface area contributed by atoms with Crippen LogP contribution in [0.1, 0.15) is 32.1 Å². The molecule has 0 aromatic heterocycles. The Labute approximate surface area is 61.5 Å². The lowest BCUT2D eigenvalue weighted by atomic mass is 9.85. The van der Waals surface area contributed by atoms with Crippen molar-refractivity contribution < 1.29 is 0 Å². The van der Waals surface area contributed by atoms with Crippen molar-refractivity contribution in [3.05, 3.63) is 5.92 Å². The van der Waals surface area contributed by atoms with Crippen LogP contribution in [-0.4, -0.2) is 6.04 Å². The molecule has 2 unspecified atom stereocenters. The third-order valence-electron chi connectivity index (χ3n) is 2.90. The van der Waals surface area contributed by atoms with Gasteiger partial charge in [0.2, 0.25) is 0 Å². The Balaban J connectivity index is 2.06. The number of rotatable bonds is 1. The lowest BCUT2D eigenvalue weighted by molar-refractivity contribution is 0.406. The highest BCUT2D eigenvalue weighted by Gasteiger charge is 2.35. The molecule has 10 heavy (non-hydrogen) atoms. The van der Waals surface area contributed by atoms with E-state index in [1.165, 1.54) is 25.7 Å². The molecule has 2 atom stereocenters. The van der Waals surface area contributed by atoms with E-state index in [2.05, 4.69) is 5.11 Å². The predicted molar refractivity (Wildman–Crippen MR) is 38.8 cm³/mol. The van der Waals surface area contributed by atoms with Gasteiger partial charge in [-0.15, -0.1) is 0 Å². The third-order valence-corrected chi connectivity index (χ3v) is 2.90. The van der Waals surface area contributed by atoms with E-state index in [-0.39, 0.29) is 0 Å². The van der Waals surface area contributed by atoms with Gasteiger partial charge >= 0.3 is 0 Å². The average molecular weight is 137 g/mol. The molecule has 2 aliphatic carbocycles. The summed E-state index contributed by atoms with van der Waals surface area (Å²) in [5, 5.41) is 3.64. The van der Waals surface area contributed by atoms with E-state index in [0.29, 0.717) is 6.04 Å². The van der Waals surface area contributed by atoms with Crippen molar-refractivity contribution in [3.8, 4) is 0 Å². The number of nitrogens with zero attached hydrogens (tertiary/aromatic N) is 1. The summed E-state index contributed by atoms with van der Waals surface area (Å²) in [4.78, 5) is 0. The molecule has 0 aromatic rings. The monoisotopic (exact) mass is 137 g/mol. The zero-order chi connectivity index (χ0) is 6.97. The first-order valence-electron chi connectivity index (χ1n) is 4.11. The Bertz CT molecular complexity index is 144. The fourth-order valence-corrected chi connectivity index (χ4v) is 2.27. The zero-order valence-corrected chi connectivity index (χ0v) is 6.14. The normalized spacial score (nSPS) is 40.0. The van der Waals surface area contributed by atoms with Gasteiger partial charge in [0.05, 0.1) is 6.04 Å². The molecule has 2 rings (SSSR count). The second kappa shape index (κ2) is 2.33. The smallest absolute Gasteiger partial charge is 0.0768 e. The van der Waals surface area contributed by atoms with Crippen molar-refractivity contribution >= 4 is 0 Å². The molecule has 2 aliphatic rings. The topological polar surface area (TPSA) is 36.2 Å². The van der Waals surface area contributed by atoms with E-state index in [1.54, 1.807) is 5.92 Å². The molecule has 2 bridgehead atoms. The van der Waals surface area contributed by atoms with Gasteiger partial charge in [-0.3, -0.25) is 0 Å². The Morgan fingerprint density at radius 3 is 3.00 bits per heavy atom. The van der Waals surface area contributed by atoms with E-state index < -0.39 is 0 Å². The maximum atomic E-state index is 6.95. The molecule has 0 heterocycles. The van der Waals surface area contributed by atoms with E-state index in [9.17, 15) is 0 Å². The van der Waals surface area contributed by atoms with E-state index in [1.807, 2.05) is 0 Å². The standard InChI is InChI=1S/C8H13N2/c9-10-8-4-2-6-1-3-7(8)5-6/h6,8-9H,1-5H2. The van der Waals surface area contributed by atoms with Crippen LogP contribution in [0.3, 0.4) is 0 Å². The minimum absolute atomic E-state index is 0.318. The minimum Gasteiger partial charge on any atom is -0.210 e. The molecular weight excluding hydrogens is 124 g/mol. The van der Waals surface area contributed by atoms with Gasteiger partial charge in [0, 0.05) is 5.92 Å². The number of nitrogens with one attached hydrogen (secondary N) is 1. The lowest BCUT2D eigenvalue weighted by Crippen LogP contribution is -2.18. The zero-order valence-electron chi connectivity index (χ0n) is 6.14. The Kier molecular flexibility index (Phi) is 1.47. The molecule has 2 nitrogen and oxygen atoms in total. The van der Waals surface area contributed by atoms with Crippen LogP contribution in [0.5, 0.6) is 0 Å². The molecule has 1 radical (unpaired) electrons. The van der Waals surface area contributed by atoms with Gasteiger partial charge in [0.1, 0.15) is 0 Å². The Hall–Kier alpha value is -0.400. The molecule has 0 aromatic carbocycles. The van der Waals surface area contributed by atoms with Crippen LogP contribution in [0, 0.1) is 17.4 Å². The van der Waals surface area contributed by atoms with Crippen molar-refractivity contribution in [1.29, 1.82) is 5.53 Å². The fraction of sp³-hybridized carbons (Fsp3) is 0.875. The molecule has 0 aliphatic heterocycles. The summed E-state index contributed by atoms with van der Waals surface area (Å²) >= 11 is 0. The maximum absolute atomic E-state index is 6.95. The average Bonchev–Trinajstić information content (AvgIpc) is 2.34. The molecule has 0 amide bonds. The summed E-state index contributed by atoms with van der Waals surface area (Å²) in [5.74, 6) is 2.53. The molecule has 0 saturated heterocycles. The van der Waals surface area contributed by atoms with Gasteiger partial charge in [0.25, 0.3) is 0 Å². The molecule has 2 fully saturated rings. The highest BCUT2D eigenvalue weighted by Crippen LogP contribution is 2.44. The first-order valence-corrected chi connectivity index (χ1v) is 4.11. The van der Waals surface area contributed by atoms with Crippen LogP contribution in [0.2, 0.25) is 0 Å². The maximum Gasteiger partial charge on any atom is 0.0768 e. The number of hydrogen-bond acceptors (Lipinski definition) is 2. The quantitative estimate of drug-likeness (QED) is 0.539. The highest BCUT2D eigenvalue weighted by atomic mass is 15.0. The molecule has 0 spiro atoms. The van der Waals surface area contributed by atoms with Crippen LogP contribution < -0.4 is 0 Å². The van der Waals surface area contributed by atoms with E-state index >= 15 is 0 Å². The molecular formula is C8H13N2. The van der Waals surface area contributed by atoms with Crippen molar-refractivity contribution in [3.63, 3.8) is 0 Å². The van der Waals surface area contributed by atoms with Gasteiger partial charge in [-0.2, -0.15) is 5.11 Å². The predicted octanol–water partition coefficient (Wildman–Crippen LogP) is 2.55. The largest absolute Gasteiger partial charge is 0.210 e. The third kappa shape index (κ3) is 0.862. The van der Waals surface area contributed by atoms with Crippen LogP contribution in [0.4, 0.5) is 0 Å². The number of fused-ring (bicyclic) bond motifs is 2. The van der Waals surface area contributed by atoms with Crippen LogP contribution in [-0.2, 0) is 0 Å². The molecule has 2 saturated carbocycles. The molecule has 55 valence electrons.